The van der Waals surface area contributed by atoms with Crippen LogP contribution in [0.3, 0.4) is 0 Å². The van der Waals surface area contributed by atoms with Crippen molar-refractivity contribution < 1.29 is 4.74 Å². The smallest absolute Gasteiger partial charge is 0.0669 e. The number of nitrogens with two attached hydrogens (primary N) is 1. The van der Waals surface area contributed by atoms with Gasteiger partial charge in [0.05, 0.1) is 16.8 Å². The van der Waals surface area contributed by atoms with Gasteiger partial charge in [0.15, 0.2) is 0 Å². The molecule has 0 radical (unpaired) electrons. The Kier molecular flexibility index (Phi) is 3.78. The summed E-state index contributed by atoms with van der Waals surface area (Å²) >= 11 is 7.66. The van der Waals surface area contributed by atoms with E-state index in [-0.39, 0.29) is 0 Å². The molecule has 1 aliphatic rings. The molecule has 0 spiro atoms. The fraction of sp³-hybridized carbons (Fsp3) is 0.455. The predicted molar refractivity (Wildman–Crippen MR) is 65.6 cm³/mol. The van der Waals surface area contributed by atoms with Crippen LogP contribution in [0.25, 0.3) is 0 Å². The van der Waals surface area contributed by atoms with E-state index in [1.54, 1.807) is 11.8 Å². The number of halogens is 1. The van der Waals surface area contributed by atoms with Crippen LogP contribution in [0.4, 0.5) is 5.69 Å². The summed E-state index contributed by atoms with van der Waals surface area (Å²) in [4.78, 5) is 1.05. The third-order valence-corrected chi connectivity index (χ3v) is 4.00. The molecule has 1 aliphatic heterocycles. The molecule has 0 bridgehead atoms. The quantitative estimate of drug-likeness (QED) is 0.654. The molecule has 0 amide bonds. The van der Waals surface area contributed by atoms with E-state index in [0.29, 0.717) is 16.8 Å². The molecule has 1 aromatic carbocycles. The second-order valence-electron chi connectivity index (χ2n) is 3.60. The summed E-state index contributed by atoms with van der Waals surface area (Å²) in [5.41, 5.74) is 6.56. The van der Waals surface area contributed by atoms with Crippen molar-refractivity contribution in [3.8, 4) is 0 Å². The lowest BCUT2D eigenvalue weighted by Crippen LogP contribution is -2.08. The van der Waals surface area contributed by atoms with Gasteiger partial charge < -0.3 is 10.5 Å². The summed E-state index contributed by atoms with van der Waals surface area (Å²) < 4.78 is 5.55. The molecule has 1 atom stereocenters. The lowest BCUT2D eigenvalue weighted by molar-refractivity contribution is 0.129. The highest BCUT2D eigenvalue weighted by atomic mass is 35.5. The van der Waals surface area contributed by atoms with E-state index in [1.165, 1.54) is 6.42 Å². The highest BCUT2D eigenvalue weighted by molar-refractivity contribution is 7.99. The van der Waals surface area contributed by atoms with E-state index in [2.05, 4.69) is 0 Å². The number of para-hydroxylation sites is 1. The minimum atomic E-state index is 0.383. The average molecular weight is 244 g/mol. The first-order valence-electron chi connectivity index (χ1n) is 5.06. The van der Waals surface area contributed by atoms with Gasteiger partial charge in [0, 0.05) is 17.3 Å². The van der Waals surface area contributed by atoms with E-state index >= 15 is 0 Å². The van der Waals surface area contributed by atoms with Crippen LogP contribution >= 0.6 is 23.4 Å². The Hall–Kier alpha value is -0.380. The third kappa shape index (κ3) is 2.80. The molecule has 4 heteroatoms. The van der Waals surface area contributed by atoms with Gasteiger partial charge in [0.25, 0.3) is 0 Å². The number of benzene rings is 1. The van der Waals surface area contributed by atoms with E-state index in [9.17, 15) is 0 Å². The molecular weight excluding hydrogens is 230 g/mol. The number of anilines is 1. The fourth-order valence-electron chi connectivity index (χ4n) is 1.60. The van der Waals surface area contributed by atoms with Gasteiger partial charge in [-0.2, -0.15) is 0 Å². The van der Waals surface area contributed by atoms with Gasteiger partial charge in [0.2, 0.25) is 0 Å². The number of ether oxygens (including phenoxy) is 1. The molecule has 1 unspecified atom stereocenters. The summed E-state index contributed by atoms with van der Waals surface area (Å²) in [5, 5.41) is 0.632. The van der Waals surface area contributed by atoms with Crippen LogP contribution < -0.4 is 5.73 Å². The van der Waals surface area contributed by atoms with Gasteiger partial charge in [-0.3, -0.25) is 0 Å². The highest BCUT2D eigenvalue weighted by Gasteiger charge is 2.16. The predicted octanol–water partition coefficient (Wildman–Crippen LogP) is 3.19. The van der Waals surface area contributed by atoms with Crippen molar-refractivity contribution in [2.24, 2.45) is 0 Å². The first-order chi connectivity index (χ1) is 7.27. The Morgan fingerprint density at radius 2 is 2.40 bits per heavy atom. The maximum Gasteiger partial charge on any atom is 0.0669 e. The SMILES string of the molecule is Nc1c(Cl)cccc1SCC1CCCO1. The maximum atomic E-state index is 5.94. The van der Waals surface area contributed by atoms with E-state index in [4.69, 9.17) is 22.1 Å². The first kappa shape index (κ1) is 11.1. The molecule has 0 aliphatic carbocycles. The van der Waals surface area contributed by atoms with Crippen LogP contribution in [-0.4, -0.2) is 18.5 Å². The molecule has 2 rings (SSSR count). The van der Waals surface area contributed by atoms with Crippen LogP contribution in [-0.2, 0) is 4.74 Å². The second-order valence-corrected chi connectivity index (χ2v) is 5.07. The number of thioether (sulfide) groups is 1. The monoisotopic (exact) mass is 243 g/mol. The van der Waals surface area contributed by atoms with E-state index in [1.807, 2.05) is 18.2 Å². The van der Waals surface area contributed by atoms with Crippen LogP contribution in [0.1, 0.15) is 12.8 Å². The Bertz CT molecular complexity index is 339. The lowest BCUT2D eigenvalue weighted by Gasteiger charge is -2.10. The maximum absolute atomic E-state index is 5.94. The zero-order valence-electron chi connectivity index (χ0n) is 8.41. The standard InChI is InChI=1S/C11H14ClNOS/c12-9-4-1-5-10(11(9)13)15-7-8-3-2-6-14-8/h1,4-5,8H,2-3,6-7,13H2. The number of hydrogen-bond donors (Lipinski definition) is 1. The van der Waals surface area contributed by atoms with E-state index in [0.717, 1.165) is 23.7 Å². The molecule has 1 heterocycles. The minimum absolute atomic E-state index is 0.383. The van der Waals surface area contributed by atoms with Crippen LogP contribution in [0.2, 0.25) is 5.02 Å². The lowest BCUT2D eigenvalue weighted by atomic mass is 10.3. The summed E-state index contributed by atoms with van der Waals surface area (Å²) in [5.74, 6) is 0.963. The number of rotatable bonds is 3. The fourth-order valence-corrected chi connectivity index (χ4v) is 2.90. The molecule has 15 heavy (non-hydrogen) atoms. The molecule has 1 aromatic rings. The molecule has 2 N–H and O–H groups in total. The van der Waals surface area contributed by atoms with Gasteiger partial charge >= 0.3 is 0 Å². The number of nitrogen functional groups attached to an aromatic ring is 1. The summed E-state index contributed by atoms with van der Waals surface area (Å²) in [6, 6.07) is 5.74. The molecular formula is C11H14ClNOS. The second kappa shape index (κ2) is 5.10. The van der Waals surface area contributed by atoms with Gasteiger partial charge in [-0.15, -0.1) is 11.8 Å². The van der Waals surface area contributed by atoms with Crippen molar-refractivity contribution in [3.63, 3.8) is 0 Å². The van der Waals surface area contributed by atoms with Gasteiger partial charge in [-0.1, -0.05) is 17.7 Å². The zero-order chi connectivity index (χ0) is 10.7. The van der Waals surface area contributed by atoms with Crippen LogP contribution in [0.15, 0.2) is 23.1 Å². The Labute approximate surface area is 99.1 Å². The van der Waals surface area contributed by atoms with Crippen molar-refractivity contribution in [3.05, 3.63) is 23.2 Å². The molecule has 0 aromatic heterocycles. The van der Waals surface area contributed by atoms with Crippen LogP contribution in [0.5, 0.6) is 0 Å². The summed E-state index contributed by atoms with van der Waals surface area (Å²) in [6.07, 6.45) is 2.72. The van der Waals surface area contributed by atoms with Crippen molar-refractivity contribution in [1.82, 2.24) is 0 Å². The number of hydrogen-bond acceptors (Lipinski definition) is 3. The van der Waals surface area contributed by atoms with Crippen molar-refractivity contribution in [2.45, 2.75) is 23.8 Å². The molecule has 1 fully saturated rings. The normalized spacial score (nSPS) is 20.7. The first-order valence-corrected chi connectivity index (χ1v) is 6.42. The summed E-state index contributed by atoms with van der Waals surface area (Å²) in [7, 11) is 0. The topological polar surface area (TPSA) is 35.2 Å². The van der Waals surface area contributed by atoms with Crippen molar-refractivity contribution in [2.75, 3.05) is 18.1 Å². The van der Waals surface area contributed by atoms with Gasteiger partial charge in [0.1, 0.15) is 0 Å². The van der Waals surface area contributed by atoms with Crippen molar-refractivity contribution >= 4 is 29.1 Å². The summed E-state index contributed by atoms with van der Waals surface area (Å²) in [6.45, 7) is 0.899. The zero-order valence-corrected chi connectivity index (χ0v) is 9.98. The Morgan fingerprint density at radius 1 is 1.53 bits per heavy atom. The largest absolute Gasteiger partial charge is 0.397 e. The molecule has 82 valence electrons. The molecule has 0 saturated carbocycles. The highest BCUT2D eigenvalue weighted by Crippen LogP contribution is 2.32. The Morgan fingerprint density at radius 3 is 3.13 bits per heavy atom. The van der Waals surface area contributed by atoms with Gasteiger partial charge in [-0.05, 0) is 25.0 Å². The minimum Gasteiger partial charge on any atom is -0.397 e. The average Bonchev–Trinajstić information content (AvgIpc) is 2.73. The van der Waals surface area contributed by atoms with E-state index < -0.39 is 0 Å². The Balaban J connectivity index is 1.95. The third-order valence-electron chi connectivity index (χ3n) is 2.46. The molecule has 1 saturated heterocycles. The molecule has 2 nitrogen and oxygen atoms in total. The van der Waals surface area contributed by atoms with Gasteiger partial charge in [-0.25, -0.2) is 0 Å². The van der Waals surface area contributed by atoms with Crippen LogP contribution in [0, 0.1) is 0 Å². The van der Waals surface area contributed by atoms with Crippen molar-refractivity contribution in [1.29, 1.82) is 0 Å².